The van der Waals surface area contributed by atoms with Gasteiger partial charge in [0.2, 0.25) is 41.4 Å². The number of nitrogens with one attached hydrogen (secondary N) is 6. The maximum Gasteiger partial charge on any atom is 0.253 e. The lowest BCUT2D eigenvalue weighted by molar-refractivity contribution is -0.139. The van der Waals surface area contributed by atoms with E-state index in [-0.39, 0.29) is 45.6 Å². The fourth-order valence-electron chi connectivity index (χ4n) is 5.00. The molecule has 1 saturated heterocycles. The number of benzene rings is 1. The summed E-state index contributed by atoms with van der Waals surface area (Å²) in [5.74, 6) is -5.64. The minimum atomic E-state index is -1.54. The smallest absolute Gasteiger partial charge is 0.253 e. The molecule has 1 aromatic carbocycles. The molecule has 0 unspecified atom stereocenters. The summed E-state index contributed by atoms with van der Waals surface area (Å²) < 4.78 is 19.4. The van der Waals surface area contributed by atoms with Crippen LogP contribution in [-0.2, 0) is 54.3 Å². The molecule has 1 fully saturated rings. The normalized spacial score (nSPS) is 17.1. The van der Waals surface area contributed by atoms with E-state index in [1.54, 1.807) is 30.3 Å². The summed E-state index contributed by atoms with van der Waals surface area (Å²) in [6, 6.07) is 6.20. The molecule has 0 aromatic heterocycles. The first-order valence-electron chi connectivity index (χ1n) is 16.1. The average Bonchev–Trinajstić information content (AvgIpc) is 3.67. The molecule has 0 aliphatic carbocycles. The van der Waals surface area contributed by atoms with Crippen molar-refractivity contribution < 1.29 is 52.3 Å². The highest BCUT2D eigenvalue weighted by Crippen LogP contribution is 2.21. The Bertz CT molecular complexity index is 1490. The molecule has 2 heterocycles. The van der Waals surface area contributed by atoms with E-state index in [0.717, 1.165) is 22.0 Å². The lowest BCUT2D eigenvalue weighted by atomic mass is 10.1. The molecule has 0 saturated carbocycles. The Kier molecular flexibility index (Phi) is 15.6. The molecule has 2 aliphatic heterocycles. The molecule has 19 heteroatoms. The number of hydrogen-bond acceptors (Lipinski definition) is 10. The maximum atomic E-state index is 14.2. The van der Waals surface area contributed by atoms with Crippen LogP contribution >= 0.6 is 0 Å². The first-order valence-corrected chi connectivity index (χ1v) is 16.1. The van der Waals surface area contributed by atoms with Crippen LogP contribution in [0.15, 0.2) is 42.5 Å². The zero-order chi connectivity index (χ0) is 37.3. The summed E-state index contributed by atoms with van der Waals surface area (Å²) in [7, 11) is 1.32. The first kappa shape index (κ1) is 39.7. The number of amides is 9. The number of likely N-dealkylation sites (N-methyl/N-ethyl adjacent to an activating group) is 1. The fourth-order valence-corrected chi connectivity index (χ4v) is 5.00. The van der Waals surface area contributed by atoms with Crippen LogP contribution in [0, 0.1) is 0 Å². The molecule has 3 rings (SSSR count). The van der Waals surface area contributed by atoms with E-state index in [1.165, 1.54) is 7.05 Å². The van der Waals surface area contributed by atoms with Crippen LogP contribution in [0.25, 0.3) is 0 Å². The Morgan fingerprint density at radius 2 is 1.43 bits per heavy atom. The lowest BCUT2D eigenvalue weighted by Gasteiger charge is -2.24. The first-order chi connectivity index (χ1) is 24.4. The molecule has 276 valence electrons. The van der Waals surface area contributed by atoms with Gasteiger partial charge in [0.05, 0.1) is 45.9 Å². The van der Waals surface area contributed by atoms with Gasteiger partial charge in [-0.05, 0) is 12.0 Å². The molecule has 18 nitrogen and oxygen atoms in total. The molecular weight excluding hydrogens is 675 g/mol. The predicted octanol–water partition coefficient (Wildman–Crippen LogP) is -3.80. The summed E-state index contributed by atoms with van der Waals surface area (Å²) in [5, 5.41) is 14.2. The zero-order valence-electron chi connectivity index (χ0n) is 27.9. The summed E-state index contributed by atoms with van der Waals surface area (Å²) in [6.45, 7) is -2.02. The van der Waals surface area contributed by atoms with Crippen LogP contribution in [0.2, 0.25) is 0 Å². The number of ether oxygens (including phenoxy) is 1. The second-order valence-corrected chi connectivity index (χ2v) is 11.3. The number of nitrogens with zero attached hydrogens (tertiary/aromatic N) is 2. The molecule has 0 radical (unpaired) electrons. The van der Waals surface area contributed by atoms with E-state index < -0.39 is 97.6 Å². The third kappa shape index (κ3) is 12.9. The SMILES string of the molecule is CNC(=O)[C@H]1[C@@H](F)CCN1C(=O)CNC(=O)CNC(=O)[C@H](Cc1ccccc1)NC(=O)CNC(=O)CNC(=O)CCOCCN1C(=O)C=CC1=O. The lowest BCUT2D eigenvalue weighted by Crippen LogP contribution is -2.53. The Labute approximate surface area is 292 Å². The third-order valence-corrected chi connectivity index (χ3v) is 7.68. The molecular formula is C32H41FN8O10. The Balaban J connectivity index is 1.38. The van der Waals surface area contributed by atoms with Gasteiger partial charge in [0.1, 0.15) is 18.3 Å². The van der Waals surface area contributed by atoms with Gasteiger partial charge in [-0.3, -0.25) is 48.1 Å². The highest BCUT2D eigenvalue weighted by atomic mass is 19.1. The standard InChI is InChI=1S/C32H41FN8O10/c1-34-32(50)30-21(33)9-11-41(30)29(48)19-37-25(44)17-38-31(49)22(15-20-5-3-2-4-6-20)39-26(45)18-36-24(43)16-35-23(42)10-13-51-14-12-40-27(46)7-8-28(40)47/h2-8,21-22,30H,9-19H2,1H3,(H,34,50)(H,35,42)(H,36,43)(H,37,44)(H,38,49)(H,39,45)/t21-,22-,30+/m0/s1. The molecule has 6 N–H and O–H groups in total. The average molecular weight is 717 g/mol. The largest absolute Gasteiger partial charge is 0.379 e. The van der Waals surface area contributed by atoms with Gasteiger partial charge in [-0.15, -0.1) is 0 Å². The quantitative estimate of drug-likeness (QED) is 0.0603. The van der Waals surface area contributed by atoms with Crippen molar-refractivity contribution in [3.8, 4) is 0 Å². The molecule has 0 bridgehead atoms. The van der Waals surface area contributed by atoms with Gasteiger partial charge in [0.15, 0.2) is 0 Å². The second-order valence-electron chi connectivity index (χ2n) is 11.3. The molecule has 9 amide bonds. The number of rotatable bonds is 19. The van der Waals surface area contributed by atoms with Gasteiger partial charge >= 0.3 is 0 Å². The maximum absolute atomic E-state index is 14.2. The summed E-state index contributed by atoms with van der Waals surface area (Å²) in [5.41, 5.74) is 0.682. The van der Waals surface area contributed by atoms with Crippen molar-refractivity contribution in [1.82, 2.24) is 41.7 Å². The van der Waals surface area contributed by atoms with Crippen LogP contribution in [-0.4, -0.2) is 141 Å². The molecule has 3 atom stereocenters. The highest BCUT2D eigenvalue weighted by Gasteiger charge is 2.41. The summed E-state index contributed by atoms with van der Waals surface area (Å²) in [6.07, 6.45) is 0.674. The van der Waals surface area contributed by atoms with Crippen molar-refractivity contribution in [2.24, 2.45) is 0 Å². The molecule has 51 heavy (non-hydrogen) atoms. The summed E-state index contributed by atoms with van der Waals surface area (Å²) >= 11 is 0. The van der Waals surface area contributed by atoms with Gasteiger partial charge in [0, 0.05) is 38.6 Å². The highest BCUT2D eigenvalue weighted by molar-refractivity contribution is 6.12. The number of likely N-dealkylation sites (tertiary alicyclic amines) is 1. The van der Waals surface area contributed by atoms with Gasteiger partial charge in [0.25, 0.3) is 11.8 Å². The van der Waals surface area contributed by atoms with Crippen molar-refractivity contribution in [2.45, 2.75) is 37.5 Å². The van der Waals surface area contributed by atoms with Gasteiger partial charge in [-0.25, -0.2) is 4.39 Å². The summed E-state index contributed by atoms with van der Waals surface area (Å²) in [4.78, 5) is 112. The van der Waals surface area contributed by atoms with Crippen LogP contribution in [0.5, 0.6) is 0 Å². The fraction of sp³-hybridized carbons (Fsp3) is 0.469. The Morgan fingerprint density at radius 1 is 0.824 bits per heavy atom. The number of halogens is 1. The van der Waals surface area contributed by atoms with Crippen molar-refractivity contribution in [3.63, 3.8) is 0 Å². The van der Waals surface area contributed by atoms with Crippen LogP contribution in [0.4, 0.5) is 4.39 Å². The van der Waals surface area contributed by atoms with Gasteiger partial charge in [-0.1, -0.05) is 30.3 Å². The number of imide groups is 1. The van der Waals surface area contributed by atoms with Gasteiger partial charge < -0.3 is 41.5 Å². The minimum Gasteiger partial charge on any atom is -0.379 e. The van der Waals surface area contributed by atoms with Crippen LogP contribution < -0.4 is 31.9 Å². The predicted molar refractivity (Wildman–Crippen MR) is 174 cm³/mol. The van der Waals surface area contributed by atoms with E-state index in [4.69, 9.17) is 4.74 Å². The van der Waals surface area contributed by atoms with Crippen molar-refractivity contribution in [3.05, 3.63) is 48.0 Å². The van der Waals surface area contributed by atoms with Crippen LogP contribution in [0.1, 0.15) is 18.4 Å². The number of hydrogen-bond donors (Lipinski definition) is 6. The zero-order valence-corrected chi connectivity index (χ0v) is 27.9. The second kappa shape index (κ2) is 20.1. The molecule has 2 aliphatic rings. The van der Waals surface area contributed by atoms with E-state index in [9.17, 15) is 47.5 Å². The topological polar surface area (TPSA) is 242 Å². The van der Waals surface area contributed by atoms with Crippen molar-refractivity contribution >= 4 is 53.2 Å². The van der Waals surface area contributed by atoms with Crippen molar-refractivity contribution in [2.75, 3.05) is 59.5 Å². The van der Waals surface area contributed by atoms with E-state index >= 15 is 0 Å². The van der Waals surface area contributed by atoms with Gasteiger partial charge in [-0.2, -0.15) is 0 Å². The third-order valence-electron chi connectivity index (χ3n) is 7.68. The number of alkyl halides is 1. The van der Waals surface area contributed by atoms with Crippen LogP contribution in [0.3, 0.4) is 0 Å². The Morgan fingerprint density at radius 3 is 2.10 bits per heavy atom. The number of carbonyl (C=O) groups is 9. The minimum absolute atomic E-state index is 0.00473. The Hall–Kier alpha value is -5.72. The number of carbonyl (C=O) groups excluding carboxylic acids is 9. The van der Waals surface area contributed by atoms with E-state index in [2.05, 4.69) is 31.9 Å². The van der Waals surface area contributed by atoms with E-state index in [0.29, 0.717) is 5.56 Å². The van der Waals surface area contributed by atoms with E-state index in [1.807, 2.05) is 0 Å². The van der Waals surface area contributed by atoms with Crippen molar-refractivity contribution in [1.29, 1.82) is 0 Å². The molecule has 0 spiro atoms. The monoisotopic (exact) mass is 716 g/mol. The molecule has 1 aromatic rings.